The van der Waals surface area contributed by atoms with E-state index in [0.717, 1.165) is 17.2 Å². The van der Waals surface area contributed by atoms with Gasteiger partial charge in [0.15, 0.2) is 5.82 Å². The Balaban J connectivity index is 1.83. The first-order chi connectivity index (χ1) is 10.6. The fraction of sp³-hybridized carbons (Fsp3) is 0.375. The number of carboxylic acids is 1. The van der Waals surface area contributed by atoms with Crippen LogP contribution in [0.2, 0.25) is 0 Å². The van der Waals surface area contributed by atoms with Crippen LogP contribution < -0.4 is 4.90 Å². The van der Waals surface area contributed by atoms with Gasteiger partial charge < -0.3 is 10.0 Å². The highest BCUT2D eigenvalue weighted by atomic mass is 16.4. The van der Waals surface area contributed by atoms with Crippen molar-refractivity contribution in [3.8, 4) is 11.5 Å². The lowest BCUT2D eigenvalue weighted by molar-refractivity contribution is -0.142. The van der Waals surface area contributed by atoms with E-state index in [9.17, 15) is 4.79 Å². The Hall–Kier alpha value is -2.50. The van der Waals surface area contributed by atoms with Gasteiger partial charge in [-0.25, -0.2) is 9.97 Å². The molecule has 2 aromatic heterocycles. The average molecular weight is 298 g/mol. The zero-order valence-electron chi connectivity index (χ0n) is 12.4. The van der Waals surface area contributed by atoms with E-state index in [2.05, 4.69) is 19.9 Å². The Labute approximate surface area is 128 Å². The molecule has 1 aliphatic heterocycles. The minimum atomic E-state index is -0.701. The fourth-order valence-corrected chi connectivity index (χ4v) is 2.68. The van der Waals surface area contributed by atoms with Crippen LogP contribution in [0.25, 0.3) is 11.5 Å². The predicted molar refractivity (Wildman–Crippen MR) is 82.6 cm³/mol. The van der Waals surface area contributed by atoms with Gasteiger partial charge in [0.1, 0.15) is 11.5 Å². The summed E-state index contributed by atoms with van der Waals surface area (Å²) in [5, 5.41) is 9.08. The van der Waals surface area contributed by atoms with Crippen molar-refractivity contribution >= 4 is 11.8 Å². The number of carboxylic acid groups (broad SMARTS) is 1. The maximum atomic E-state index is 11.0. The van der Waals surface area contributed by atoms with Crippen LogP contribution in [0.15, 0.2) is 30.5 Å². The summed E-state index contributed by atoms with van der Waals surface area (Å²) in [6.07, 6.45) is 3.02. The highest BCUT2D eigenvalue weighted by Crippen LogP contribution is 2.24. The molecule has 3 heterocycles. The van der Waals surface area contributed by atoms with Gasteiger partial charge in [-0.2, -0.15) is 0 Å². The van der Waals surface area contributed by atoms with Gasteiger partial charge in [-0.3, -0.25) is 9.78 Å². The van der Waals surface area contributed by atoms with Gasteiger partial charge >= 0.3 is 5.97 Å². The summed E-state index contributed by atoms with van der Waals surface area (Å²) < 4.78 is 0. The number of aryl methyl sites for hydroxylation is 1. The topological polar surface area (TPSA) is 79.2 Å². The molecule has 6 heteroatoms. The number of carbonyl (C=O) groups is 1. The molecule has 0 spiro atoms. The monoisotopic (exact) mass is 298 g/mol. The largest absolute Gasteiger partial charge is 0.481 e. The molecule has 3 rings (SSSR count). The van der Waals surface area contributed by atoms with Crippen molar-refractivity contribution < 1.29 is 9.90 Å². The molecule has 1 saturated heterocycles. The Morgan fingerprint density at radius 3 is 2.68 bits per heavy atom. The van der Waals surface area contributed by atoms with Crippen molar-refractivity contribution in [2.75, 3.05) is 18.0 Å². The summed E-state index contributed by atoms with van der Waals surface area (Å²) in [4.78, 5) is 26.5. The first-order valence-electron chi connectivity index (χ1n) is 7.38. The molecule has 1 N–H and O–H groups in total. The Kier molecular flexibility index (Phi) is 4.00. The molecule has 0 saturated carbocycles. The van der Waals surface area contributed by atoms with Gasteiger partial charge in [0, 0.05) is 31.0 Å². The van der Waals surface area contributed by atoms with E-state index < -0.39 is 5.97 Å². The number of rotatable bonds is 3. The molecule has 0 atom stereocenters. The van der Waals surface area contributed by atoms with Crippen LogP contribution in [0.5, 0.6) is 0 Å². The van der Waals surface area contributed by atoms with Crippen LogP contribution in [0, 0.1) is 12.8 Å². The molecule has 0 radical (unpaired) electrons. The molecular weight excluding hydrogens is 280 g/mol. The number of hydrogen-bond acceptors (Lipinski definition) is 5. The number of aliphatic carboxylic acids is 1. The second kappa shape index (κ2) is 6.09. The van der Waals surface area contributed by atoms with E-state index in [-0.39, 0.29) is 5.92 Å². The summed E-state index contributed by atoms with van der Waals surface area (Å²) in [7, 11) is 0. The number of aromatic nitrogens is 3. The van der Waals surface area contributed by atoms with Crippen molar-refractivity contribution in [2.45, 2.75) is 19.8 Å². The Morgan fingerprint density at radius 2 is 2.05 bits per heavy atom. The van der Waals surface area contributed by atoms with Crippen LogP contribution >= 0.6 is 0 Å². The first kappa shape index (κ1) is 14.4. The summed E-state index contributed by atoms with van der Waals surface area (Å²) >= 11 is 0. The highest BCUT2D eigenvalue weighted by molar-refractivity contribution is 5.70. The van der Waals surface area contributed by atoms with E-state index in [1.165, 1.54) is 0 Å². The zero-order chi connectivity index (χ0) is 15.5. The minimum absolute atomic E-state index is 0.241. The second-order valence-corrected chi connectivity index (χ2v) is 5.51. The van der Waals surface area contributed by atoms with Gasteiger partial charge in [-0.05, 0) is 31.9 Å². The highest BCUT2D eigenvalue weighted by Gasteiger charge is 2.25. The van der Waals surface area contributed by atoms with Gasteiger partial charge in [0.05, 0.1) is 5.92 Å². The lowest BCUT2D eigenvalue weighted by Crippen LogP contribution is -2.36. The van der Waals surface area contributed by atoms with Crippen molar-refractivity contribution in [3.63, 3.8) is 0 Å². The third kappa shape index (κ3) is 3.05. The summed E-state index contributed by atoms with van der Waals surface area (Å²) in [5.74, 6) is 0.509. The van der Waals surface area contributed by atoms with Crippen molar-refractivity contribution in [1.29, 1.82) is 0 Å². The van der Waals surface area contributed by atoms with Crippen molar-refractivity contribution in [1.82, 2.24) is 15.0 Å². The summed E-state index contributed by atoms with van der Waals surface area (Å²) in [6, 6.07) is 7.59. The molecule has 1 fully saturated rings. The molecule has 22 heavy (non-hydrogen) atoms. The Bertz CT molecular complexity index is 667. The smallest absolute Gasteiger partial charge is 0.306 e. The van der Waals surface area contributed by atoms with Crippen molar-refractivity contribution in [3.05, 3.63) is 36.2 Å². The second-order valence-electron chi connectivity index (χ2n) is 5.51. The van der Waals surface area contributed by atoms with Crippen LogP contribution in [0.3, 0.4) is 0 Å². The normalized spacial score (nSPS) is 15.8. The number of pyridine rings is 1. The SMILES string of the molecule is Cc1cc(N2CCC(C(=O)O)CC2)nc(-c2ccccn2)n1. The molecule has 114 valence electrons. The van der Waals surface area contributed by atoms with Gasteiger partial charge in [0.25, 0.3) is 0 Å². The molecule has 2 aromatic rings. The van der Waals surface area contributed by atoms with Crippen LogP contribution in [-0.4, -0.2) is 39.1 Å². The number of piperidine rings is 1. The van der Waals surface area contributed by atoms with E-state index >= 15 is 0 Å². The molecule has 0 amide bonds. The third-order valence-corrected chi connectivity index (χ3v) is 3.90. The van der Waals surface area contributed by atoms with Gasteiger partial charge in [-0.1, -0.05) is 6.07 Å². The average Bonchev–Trinajstić information content (AvgIpc) is 2.55. The molecule has 6 nitrogen and oxygen atoms in total. The maximum absolute atomic E-state index is 11.0. The third-order valence-electron chi connectivity index (χ3n) is 3.90. The van der Waals surface area contributed by atoms with Crippen LogP contribution in [0.4, 0.5) is 5.82 Å². The predicted octanol–water partition coefficient (Wildman–Crippen LogP) is 2.15. The fourth-order valence-electron chi connectivity index (χ4n) is 2.68. The molecule has 0 unspecified atom stereocenters. The summed E-state index contributed by atoms with van der Waals surface area (Å²) in [5.41, 5.74) is 1.62. The Morgan fingerprint density at radius 1 is 1.27 bits per heavy atom. The standard InChI is InChI=1S/C16H18N4O2/c1-11-10-14(20-8-5-12(6-9-20)16(21)22)19-15(18-11)13-4-2-3-7-17-13/h2-4,7,10,12H,5-6,8-9H2,1H3,(H,21,22). The molecule has 0 bridgehead atoms. The van der Waals surface area contributed by atoms with Crippen LogP contribution in [-0.2, 0) is 4.79 Å². The van der Waals surface area contributed by atoms with Gasteiger partial charge in [0.2, 0.25) is 0 Å². The van der Waals surface area contributed by atoms with Gasteiger partial charge in [-0.15, -0.1) is 0 Å². The molecule has 0 aliphatic carbocycles. The van der Waals surface area contributed by atoms with Crippen molar-refractivity contribution in [2.24, 2.45) is 5.92 Å². The minimum Gasteiger partial charge on any atom is -0.481 e. The molecule has 1 aliphatic rings. The molecule has 0 aromatic carbocycles. The number of anilines is 1. The number of hydrogen-bond donors (Lipinski definition) is 1. The van der Waals surface area contributed by atoms with E-state index in [0.29, 0.717) is 31.8 Å². The van der Waals surface area contributed by atoms with E-state index in [1.54, 1.807) is 6.20 Å². The van der Waals surface area contributed by atoms with Crippen LogP contribution in [0.1, 0.15) is 18.5 Å². The quantitative estimate of drug-likeness (QED) is 0.935. The van der Waals surface area contributed by atoms with E-state index in [4.69, 9.17) is 5.11 Å². The number of nitrogens with zero attached hydrogens (tertiary/aromatic N) is 4. The molecular formula is C16H18N4O2. The lowest BCUT2D eigenvalue weighted by atomic mass is 9.97. The maximum Gasteiger partial charge on any atom is 0.306 e. The zero-order valence-corrected chi connectivity index (χ0v) is 12.4. The van der Waals surface area contributed by atoms with E-state index in [1.807, 2.05) is 31.2 Å². The lowest BCUT2D eigenvalue weighted by Gasteiger charge is -2.31. The first-order valence-corrected chi connectivity index (χ1v) is 7.38. The summed E-state index contributed by atoms with van der Waals surface area (Å²) in [6.45, 7) is 3.34.